The average molecular weight is 240 g/mol. The molecule has 18 heavy (non-hydrogen) atoms. The maximum Gasteiger partial charge on any atom is 0.255 e. The fourth-order valence-electron chi connectivity index (χ4n) is 1.74. The van der Waals surface area contributed by atoms with Gasteiger partial charge < -0.3 is 11.1 Å². The molecule has 0 aromatic heterocycles. The molecule has 2 rings (SSSR count). The van der Waals surface area contributed by atoms with Crippen LogP contribution in [0.1, 0.15) is 21.5 Å². The first-order valence-electron chi connectivity index (χ1n) is 5.80. The molecular formula is C15H16N2O. The lowest BCUT2D eigenvalue weighted by molar-refractivity contribution is 0.102. The fraction of sp³-hybridized carbons (Fsp3) is 0.133. The van der Waals surface area contributed by atoms with Gasteiger partial charge in [-0.2, -0.15) is 0 Å². The van der Waals surface area contributed by atoms with Gasteiger partial charge in [-0.05, 0) is 49.2 Å². The van der Waals surface area contributed by atoms with Gasteiger partial charge in [0.25, 0.3) is 5.91 Å². The van der Waals surface area contributed by atoms with Crippen LogP contribution in [0.3, 0.4) is 0 Å². The Kier molecular flexibility index (Phi) is 3.33. The molecule has 0 saturated heterocycles. The molecule has 92 valence electrons. The van der Waals surface area contributed by atoms with Crippen molar-refractivity contribution in [3.05, 3.63) is 59.2 Å². The van der Waals surface area contributed by atoms with E-state index < -0.39 is 0 Å². The number of nitrogen functional groups attached to an aromatic ring is 1. The summed E-state index contributed by atoms with van der Waals surface area (Å²) < 4.78 is 0. The van der Waals surface area contributed by atoms with Gasteiger partial charge in [0.05, 0.1) is 0 Å². The highest BCUT2D eigenvalue weighted by Gasteiger charge is 2.07. The molecule has 0 unspecified atom stereocenters. The lowest BCUT2D eigenvalue weighted by Crippen LogP contribution is -2.13. The number of hydrogen-bond donors (Lipinski definition) is 2. The minimum atomic E-state index is -0.143. The molecule has 0 aliphatic heterocycles. The molecule has 3 heteroatoms. The first-order valence-corrected chi connectivity index (χ1v) is 5.80. The zero-order valence-corrected chi connectivity index (χ0v) is 10.5. The summed E-state index contributed by atoms with van der Waals surface area (Å²) in [6.07, 6.45) is 0. The highest BCUT2D eigenvalue weighted by molar-refractivity contribution is 6.05. The zero-order chi connectivity index (χ0) is 13.1. The normalized spacial score (nSPS) is 10.1. The van der Waals surface area contributed by atoms with Crippen molar-refractivity contribution in [3.8, 4) is 0 Å². The van der Waals surface area contributed by atoms with Gasteiger partial charge in [0.1, 0.15) is 0 Å². The molecule has 0 heterocycles. The second-order valence-corrected chi connectivity index (χ2v) is 4.40. The summed E-state index contributed by atoms with van der Waals surface area (Å²) in [5.41, 5.74) is 9.81. The van der Waals surface area contributed by atoms with E-state index in [9.17, 15) is 4.79 Å². The van der Waals surface area contributed by atoms with E-state index in [0.29, 0.717) is 11.3 Å². The summed E-state index contributed by atoms with van der Waals surface area (Å²) in [4.78, 5) is 12.1. The van der Waals surface area contributed by atoms with Crippen LogP contribution in [0.15, 0.2) is 42.5 Å². The summed E-state index contributed by atoms with van der Waals surface area (Å²) in [5.74, 6) is -0.143. The summed E-state index contributed by atoms with van der Waals surface area (Å²) in [6, 6.07) is 12.9. The Hall–Kier alpha value is -2.29. The number of rotatable bonds is 2. The topological polar surface area (TPSA) is 55.1 Å². The molecule has 2 aromatic rings. The largest absolute Gasteiger partial charge is 0.399 e. The molecule has 0 fully saturated rings. The van der Waals surface area contributed by atoms with E-state index in [1.807, 2.05) is 32.0 Å². The Morgan fingerprint density at radius 2 is 1.89 bits per heavy atom. The summed E-state index contributed by atoms with van der Waals surface area (Å²) in [6.45, 7) is 3.96. The molecule has 3 N–H and O–H groups in total. The third-order valence-corrected chi connectivity index (χ3v) is 2.79. The highest BCUT2D eigenvalue weighted by atomic mass is 16.1. The molecular weight excluding hydrogens is 224 g/mol. The van der Waals surface area contributed by atoms with E-state index in [-0.39, 0.29) is 5.91 Å². The summed E-state index contributed by atoms with van der Waals surface area (Å²) >= 11 is 0. The Labute approximate surface area is 107 Å². The molecule has 1 amide bonds. The van der Waals surface area contributed by atoms with E-state index in [0.717, 1.165) is 16.8 Å². The summed E-state index contributed by atoms with van der Waals surface area (Å²) in [7, 11) is 0. The zero-order valence-electron chi connectivity index (χ0n) is 10.5. The Morgan fingerprint density at radius 1 is 1.11 bits per heavy atom. The molecule has 0 aliphatic rings. The van der Waals surface area contributed by atoms with Gasteiger partial charge in [-0.25, -0.2) is 0 Å². The van der Waals surface area contributed by atoms with E-state index in [4.69, 9.17) is 5.73 Å². The van der Waals surface area contributed by atoms with Gasteiger partial charge in [0, 0.05) is 16.9 Å². The molecule has 0 radical (unpaired) electrons. The number of nitrogens with one attached hydrogen (secondary N) is 1. The van der Waals surface area contributed by atoms with Crippen molar-refractivity contribution < 1.29 is 4.79 Å². The molecule has 0 bridgehead atoms. The van der Waals surface area contributed by atoms with Gasteiger partial charge in [-0.15, -0.1) is 0 Å². The predicted octanol–water partition coefficient (Wildman–Crippen LogP) is 3.14. The SMILES string of the molecule is Cc1ccc(C)c(NC(=O)c2cccc(N)c2)c1. The lowest BCUT2D eigenvalue weighted by Gasteiger charge is -2.09. The minimum Gasteiger partial charge on any atom is -0.399 e. The van der Waals surface area contributed by atoms with Crippen LogP contribution in [0.25, 0.3) is 0 Å². The van der Waals surface area contributed by atoms with Crippen molar-refractivity contribution in [3.63, 3.8) is 0 Å². The van der Waals surface area contributed by atoms with Crippen molar-refractivity contribution in [2.45, 2.75) is 13.8 Å². The van der Waals surface area contributed by atoms with E-state index >= 15 is 0 Å². The number of hydrogen-bond acceptors (Lipinski definition) is 2. The molecule has 0 atom stereocenters. The predicted molar refractivity (Wildman–Crippen MR) is 74.7 cm³/mol. The number of anilines is 2. The van der Waals surface area contributed by atoms with Crippen molar-refractivity contribution >= 4 is 17.3 Å². The van der Waals surface area contributed by atoms with Crippen molar-refractivity contribution in [2.75, 3.05) is 11.1 Å². The Morgan fingerprint density at radius 3 is 2.61 bits per heavy atom. The number of benzene rings is 2. The van der Waals surface area contributed by atoms with Crippen LogP contribution in [-0.4, -0.2) is 5.91 Å². The number of aryl methyl sites for hydroxylation is 2. The third kappa shape index (κ3) is 2.69. The Balaban J connectivity index is 2.24. The van der Waals surface area contributed by atoms with E-state index in [2.05, 4.69) is 5.32 Å². The monoisotopic (exact) mass is 240 g/mol. The van der Waals surface area contributed by atoms with Crippen LogP contribution in [0.4, 0.5) is 11.4 Å². The van der Waals surface area contributed by atoms with E-state index in [1.54, 1.807) is 24.3 Å². The number of amides is 1. The molecule has 0 saturated carbocycles. The third-order valence-electron chi connectivity index (χ3n) is 2.79. The minimum absolute atomic E-state index is 0.143. The lowest BCUT2D eigenvalue weighted by atomic mass is 10.1. The van der Waals surface area contributed by atoms with Crippen molar-refractivity contribution in [1.82, 2.24) is 0 Å². The van der Waals surface area contributed by atoms with Crippen molar-refractivity contribution in [1.29, 1.82) is 0 Å². The van der Waals surface area contributed by atoms with Gasteiger partial charge in [-0.3, -0.25) is 4.79 Å². The van der Waals surface area contributed by atoms with Gasteiger partial charge in [-0.1, -0.05) is 18.2 Å². The van der Waals surface area contributed by atoms with Gasteiger partial charge in [0.15, 0.2) is 0 Å². The maximum absolute atomic E-state index is 12.1. The van der Waals surface area contributed by atoms with Crippen LogP contribution in [0, 0.1) is 13.8 Å². The second-order valence-electron chi connectivity index (χ2n) is 4.40. The quantitative estimate of drug-likeness (QED) is 0.792. The number of carbonyl (C=O) groups excluding carboxylic acids is 1. The average Bonchev–Trinajstić information content (AvgIpc) is 2.34. The van der Waals surface area contributed by atoms with Crippen LogP contribution >= 0.6 is 0 Å². The first kappa shape index (κ1) is 12.2. The highest BCUT2D eigenvalue weighted by Crippen LogP contribution is 2.18. The second kappa shape index (κ2) is 4.92. The number of carbonyl (C=O) groups is 1. The summed E-state index contributed by atoms with van der Waals surface area (Å²) in [5, 5.41) is 2.90. The van der Waals surface area contributed by atoms with Gasteiger partial charge >= 0.3 is 0 Å². The fourth-order valence-corrected chi connectivity index (χ4v) is 1.74. The Bertz CT molecular complexity index is 591. The molecule has 0 spiro atoms. The maximum atomic E-state index is 12.1. The molecule has 3 nitrogen and oxygen atoms in total. The van der Waals surface area contributed by atoms with Crippen LogP contribution in [0.2, 0.25) is 0 Å². The van der Waals surface area contributed by atoms with Crippen LogP contribution in [-0.2, 0) is 0 Å². The smallest absolute Gasteiger partial charge is 0.255 e. The first-order chi connectivity index (χ1) is 8.56. The molecule has 2 aromatic carbocycles. The van der Waals surface area contributed by atoms with Crippen molar-refractivity contribution in [2.24, 2.45) is 0 Å². The van der Waals surface area contributed by atoms with Crippen LogP contribution < -0.4 is 11.1 Å². The van der Waals surface area contributed by atoms with E-state index in [1.165, 1.54) is 0 Å². The van der Waals surface area contributed by atoms with Crippen LogP contribution in [0.5, 0.6) is 0 Å². The van der Waals surface area contributed by atoms with Gasteiger partial charge in [0.2, 0.25) is 0 Å². The number of nitrogens with two attached hydrogens (primary N) is 1. The molecule has 0 aliphatic carbocycles. The standard InChI is InChI=1S/C15H16N2O/c1-10-6-7-11(2)14(8-10)17-15(18)12-4-3-5-13(16)9-12/h3-9H,16H2,1-2H3,(H,17,18).